The second-order valence-corrected chi connectivity index (χ2v) is 32.4. The highest BCUT2D eigenvalue weighted by Gasteiger charge is 2.25. The molecule has 1 unspecified atom stereocenters. The molecule has 8 aromatic heterocycles. The summed E-state index contributed by atoms with van der Waals surface area (Å²) in [5.41, 5.74) is 20.2. The average Bonchev–Trinajstić information content (AvgIpc) is 1.73. The predicted octanol–water partition coefficient (Wildman–Crippen LogP) is 15.9. The van der Waals surface area contributed by atoms with Crippen molar-refractivity contribution in [1.29, 1.82) is 0 Å². The van der Waals surface area contributed by atoms with Crippen LogP contribution < -0.4 is 64.0 Å². The van der Waals surface area contributed by atoms with Crippen LogP contribution in [0.25, 0.3) is 89.2 Å². The Kier molecular flexibility index (Phi) is 32.6. The maximum atomic E-state index is 14.3. The number of amides is 1. The molecule has 9 heterocycles. The molecule has 1 aliphatic heterocycles. The fourth-order valence-corrected chi connectivity index (χ4v) is 15.5. The number of anilines is 8. The van der Waals surface area contributed by atoms with E-state index >= 15 is 0 Å². The molecule has 136 heavy (non-hydrogen) atoms. The summed E-state index contributed by atoms with van der Waals surface area (Å²) in [4.78, 5) is 57.9. The molecule has 2 atom stereocenters. The first kappa shape index (κ1) is 96.7. The van der Waals surface area contributed by atoms with Gasteiger partial charge in [-0.05, 0) is 124 Å². The molecule has 16 aromatic rings. The first-order valence-corrected chi connectivity index (χ1v) is 44.3. The molecule has 0 aliphatic carbocycles. The molecule has 1 fully saturated rings. The van der Waals surface area contributed by atoms with Crippen molar-refractivity contribution in [2.24, 2.45) is 26.3 Å². The Labute approximate surface area is 787 Å². The lowest BCUT2D eigenvalue weighted by Gasteiger charge is -2.28. The lowest BCUT2D eigenvalue weighted by molar-refractivity contribution is -0.0394. The maximum absolute atomic E-state index is 14.3. The van der Waals surface area contributed by atoms with Crippen LogP contribution in [-0.4, -0.2) is 229 Å². The number of aliphatic hydroxyl groups excluding tert-OH is 1. The van der Waals surface area contributed by atoms with Crippen molar-refractivity contribution in [1.82, 2.24) is 94.9 Å². The van der Waals surface area contributed by atoms with Crippen LogP contribution in [-0.2, 0) is 30.6 Å². The van der Waals surface area contributed by atoms with Gasteiger partial charge in [0.2, 0.25) is 0 Å². The molecule has 706 valence electrons. The number of carbonyl (C=O) groups excluding carboxylic acids is 1. The Morgan fingerprint density at radius 3 is 1.26 bits per heavy atom. The number of benzene rings is 8. The molecule has 8 aromatic carbocycles. The van der Waals surface area contributed by atoms with E-state index in [1.54, 1.807) is 113 Å². The zero-order valence-corrected chi connectivity index (χ0v) is 78.8. The van der Waals surface area contributed by atoms with Gasteiger partial charge in [0.1, 0.15) is 52.3 Å². The summed E-state index contributed by atoms with van der Waals surface area (Å²) in [5.74, 6) is 3.28. The lowest BCUT2D eigenvalue weighted by atomic mass is 10.1. The van der Waals surface area contributed by atoms with E-state index in [0.717, 1.165) is 180 Å². The summed E-state index contributed by atoms with van der Waals surface area (Å²) in [6.45, 7) is 10.6. The van der Waals surface area contributed by atoms with Crippen molar-refractivity contribution in [3.63, 3.8) is 0 Å². The number of hydrogen-bond donors (Lipinski definition) is 5. The number of oxime groups is 1. The number of hydrogen-bond acceptors (Lipinski definition) is 30. The van der Waals surface area contributed by atoms with Gasteiger partial charge >= 0.3 is 0 Å². The van der Waals surface area contributed by atoms with Gasteiger partial charge in [0.05, 0.1) is 185 Å². The average molecular weight is 1850 g/mol. The van der Waals surface area contributed by atoms with Gasteiger partial charge in [0.15, 0.2) is 0 Å². The molecular formula is C100H113FN24O11. The van der Waals surface area contributed by atoms with Crippen molar-refractivity contribution in [3.8, 4) is 79.5 Å². The Bertz CT molecular complexity index is 6720. The van der Waals surface area contributed by atoms with E-state index in [0.29, 0.717) is 65.6 Å². The number of carbonyl (C=O) groups is 1. The largest absolute Gasteiger partial charge is 0.497 e. The van der Waals surface area contributed by atoms with Gasteiger partial charge in [-0.15, -0.1) is 0 Å². The van der Waals surface area contributed by atoms with Crippen molar-refractivity contribution in [2.45, 2.75) is 64.8 Å². The third-order valence-electron chi connectivity index (χ3n) is 22.3. The minimum Gasteiger partial charge on any atom is -0.497 e. The van der Waals surface area contributed by atoms with Crippen LogP contribution in [0.1, 0.15) is 63.0 Å². The van der Waals surface area contributed by atoms with Crippen molar-refractivity contribution < 1.29 is 57.4 Å². The van der Waals surface area contributed by atoms with Crippen molar-refractivity contribution in [3.05, 3.63) is 231 Å². The third-order valence-corrected chi connectivity index (χ3v) is 22.3. The van der Waals surface area contributed by atoms with Crippen LogP contribution in [0.3, 0.4) is 0 Å². The molecule has 5 N–H and O–H groups in total. The Balaban J connectivity index is 0.000000145. The van der Waals surface area contributed by atoms with Gasteiger partial charge in [-0.3, -0.25) is 38.8 Å². The SMILES string of the molecule is CCCN(c1cc(F)cc(C(=O)NC)c1)c1ccc2ncc(-c3cnn(C)c3)nc2c1.CNC[C@@H](O)CN(c1cc(OC)cc(OC)c1)c1ccc2ncc(-c3cnn(C)c3)nc2c1.COC/C(CN(c1cc(OC)cc(OC)c1)c1ccc2ncc(-c3cnn(C)c3)nc2c1)=N\O.COc1cc(OC)cc(N(CCNC(C)C)c2ccc3ncc(-c4cnn(C5CCCCO5)c4)nc3c2)c1. The number of rotatable bonds is 34. The van der Waals surface area contributed by atoms with Crippen LogP contribution in [0.2, 0.25) is 0 Å². The third kappa shape index (κ3) is 24.4. The van der Waals surface area contributed by atoms with E-state index in [9.17, 15) is 19.5 Å². The Hall–Kier alpha value is -15.4. The van der Waals surface area contributed by atoms with Crippen LogP contribution in [0, 0.1) is 5.82 Å². The fraction of sp³-hybridized carbons (Fsp3) is 0.300. The number of aromatic nitrogens is 16. The number of nitrogens with one attached hydrogen (secondary N) is 3. The van der Waals surface area contributed by atoms with Crippen LogP contribution in [0.15, 0.2) is 225 Å². The predicted molar refractivity (Wildman–Crippen MR) is 526 cm³/mol. The topological polar surface area (TPSA) is 367 Å². The summed E-state index contributed by atoms with van der Waals surface area (Å²) >= 11 is 0. The second kappa shape index (κ2) is 45.8. The number of ether oxygens (including phenoxy) is 8. The molecule has 1 saturated heterocycles. The molecule has 0 bridgehead atoms. The van der Waals surface area contributed by atoms with Crippen LogP contribution in [0.5, 0.6) is 34.5 Å². The highest BCUT2D eigenvalue weighted by Crippen LogP contribution is 2.40. The number of likely N-dealkylation sites (N-methyl/N-ethyl adjacent to an activating group) is 1. The number of aliphatic hydroxyl groups is 1. The first-order valence-electron chi connectivity index (χ1n) is 44.3. The normalized spacial score (nSPS) is 12.7. The number of nitrogens with zero attached hydrogens (tertiary/aromatic N) is 21. The minimum atomic E-state index is -0.601. The molecule has 0 saturated carbocycles. The van der Waals surface area contributed by atoms with E-state index in [-0.39, 0.29) is 30.9 Å². The van der Waals surface area contributed by atoms with E-state index in [1.165, 1.54) is 19.2 Å². The second-order valence-electron chi connectivity index (χ2n) is 32.4. The van der Waals surface area contributed by atoms with E-state index in [1.807, 2.05) is 201 Å². The minimum absolute atomic E-state index is 0.00891. The Morgan fingerprint density at radius 2 is 0.882 bits per heavy atom. The summed E-state index contributed by atoms with van der Waals surface area (Å²) in [6.07, 6.45) is 25.3. The number of methoxy groups -OCH3 is 7. The molecule has 1 aliphatic rings. The van der Waals surface area contributed by atoms with Crippen LogP contribution in [0.4, 0.5) is 49.9 Å². The monoisotopic (exact) mass is 1840 g/mol. The standard InChI is InChI=1S/C29H36N6O3.C24H26N6O4.C24H28N6O3.C23H23FN6O/c1-20(2)30-10-11-34(23-13-24(36-3)16-25(14-23)37-4)22-8-9-26-27(15-22)33-28(18-31-26)21-17-32-35(19-21)29-7-5-6-12-38-29;1-29-13-16(11-26-29)24-12-25-22-6-5-18(9-23(22)27-24)30(14-17(28-31)15-32-2)19-7-20(33-3)10-21(8-19)34-4;1-25-12-19(31)15-30(18-7-20(32-3)10-21(8-18)33-4)17-5-6-22-23(9-17)28-24(13-26-22)16-11-27-29(2)14-16;1-4-7-30(19-9-15(23(31)25-2)8-17(24)10-19)18-5-6-20-21(11-18)28-22(13-26-20)16-12-27-29(3)14-16/h8-9,13-20,29-30H,5-7,10-12H2,1-4H3;5-13,31H,14-15H2,1-4H3;5-11,13-14,19,25,31H,12,15H2,1-4H3;5-6,8-14H,4,7H2,1-3H3,(H,25,31)/b;28-17-;;/t;;19-;/m..1./s1. The number of halogens is 1. The molecule has 1 amide bonds. The van der Waals surface area contributed by atoms with Gasteiger partial charge in [-0.1, -0.05) is 25.9 Å². The quantitative estimate of drug-likeness (QED) is 0.0142. The van der Waals surface area contributed by atoms with Gasteiger partial charge in [-0.2, -0.15) is 20.4 Å². The Morgan fingerprint density at radius 1 is 0.485 bits per heavy atom. The zero-order valence-electron chi connectivity index (χ0n) is 78.8. The van der Waals surface area contributed by atoms with Gasteiger partial charge < -0.3 is 83.8 Å². The molecule has 36 heteroatoms. The molecule has 17 rings (SSSR count). The van der Waals surface area contributed by atoms with Crippen molar-refractivity contribution >= 4 is 101 Å². The highest BCUT2D eigenvalue weighted by atomic mass is 19.1. The maximum Gasteiger partial charge on any atom is 0.251 e. The van der Waals surface area contributed by atoms with Gasteiger partial charge in [-0.25, -0.2) is 29.0 Å². The van der Waals surface area contributed by atoms with Gasteiger partial charge in [0, 0.05) is 227 Å². The fourth-order valence-electron chi connectivity index (χ4n) is 15.5. The summed E-state index contributed by atoms with van der Waals surface area (Å²) < 4.78 is 65.4. The lowest BCUT2D eigenvalue weighted by Crippen LogP contribution is -2.35. The summed E-state index contributed by atoms with van der Waals surface area (Å²) in [5, 5.41) is 49.8. The molecule has 0 spiro atoms. The zero-order chi connectivity index (χ0) is 95.9. The number of aryl methyl sites for hydroxylation is 3. The number of fused-ring (bicyclic) bond motifs is 4. The van der Waals surface area contributed by atoms with Crippen molar-refractivity contribution in [2.75, 3.05) is 136 Å². The molecule has 35 nitrogen and oxygen atoms in total. The van der Waals surface area contributed by atoms with E-state index in [4.69, 9.17) is 62.8 Å². The summed E-state index contributed by atoms with van der Waals surface area (Å²) in [6, 6.07) is 45.5. The smallest absolute Gasteiger partial charge is 0.251 e. The first-order chi connectivity index (χ1) is 66.0. The van der Waals surface area contributed by atoms with E-state index < -0.39 is 11.9 Å². The van der Waals surface area contributed by atoms with E-state index in [2.05, 4.69) is 87.3 Å². The molecule has 0 radical (unpaired) electrons. The van der Waals surface area contributed by atoms with Crippen LogP contribution >= 0.6 is 0 Å². The van der Waals surface area contributed by atoms with Gasteiger partial charge in [0.25, 0.3) is 5.91 Å². The summed E-state index contributed by atoms with van der Waals surface area (Å²) in [7, 11) is 20.2. The highest BCUT2D eigenvalue weighted by molar-refractivity contribution is 5.96. The molecular weight excluding hydrogens is 1730 g/mol.